The summed E-state index contributed by atoms with van der Waals surface area (Å²) < 4.78 is 5.94. The molecule has 0 radical (unpaired) electrons. The minimum Gasteiger partial charge on any atom is -0.496 e. The van der Waals surface area contributed by atoms with E-state index in [1.807, 2.05) is 0 Å². The highest BCUT2D eigenvalue weighted by Gasteiger charge is 2.22. The van der Waals surface area contributed by atoms with Crippen LogP contribution >= 0.6 is 12.4 Å². The van der Waals surface area contributed by atoms with Crippen LogP contribution in [0.25, 0.3) is 21.5 Å². The number of aliphatic hydroxyl groups excluding tert-OH is 1. The number of rotatable bonds is 16. The molecule has 0 spiro atoms. The Morgan fingerprint density at radius 1 is 0.686 bits per heavy atom. The number of benzene rings is 3. The number of hydrogen-bond acceptors (Lipinski definition) is 3. The van der Waals surface area contributed by atoms with Gasteiger partial charge in [0, 0.05) is 17.5 Å². The number of unbranched alkanes of at least 4 members (excludes halogenated alkanes) is 8. The molecule has 1 unspecified atom stereocenters. The summed E-state index contributed by atoms with van der Waals surface area (Å²) in [5.74, 6) is 0.813. The molecular weight excluding hydrogens is 454 g/mol. The molecule has 3 nitrogen and oxygen atoms in total. The van der Waals surface area contributed by atoms with Crippen molar-refractivity contribution >= 4 is 34.0 Å². The lowest BCUT2D eigenvalue weighted by atomic mass is 9.93. The molecule has 0 bridgehead atoms. The lowest BCUT2D eigenvalue weighted by Crippen LogP contribution is -2.31. The van der Waals surface area contributed by atoms with E-state index in [9.17, 15) is 5.11 Å². The van der Waals surface area contributed by atoms with Crippen LogP contribution in [0, 0.1) is 0 Å². The number of hydrogen-bond donors (Lipinski definition) is 1. The lowest BCUT2D eigenvalue weighted by molar-refractivity contribution is 0.109. The fraction of sp³-hybridized carbons (Fsp3) is 0.548. The summed E-state index contributed by atoms with van der Waals surface area (Å²) in [4.78, 5) is 2.49. The van der Waals surface area contributed by atoms with Crippen molar-refractivity contribution in [2.45, 2.75) is 84.2 Å². The van der Waals surface area contributed by atoms with Gasteiger partial charge in [0.25, 0.3) is 0 Å². The monoisotopic (exact) mass is 499 g/mol. The molecule has 194 valence electrons. The van der Waals surface area contributed by atoms with E-state index >= 15 is 0 Å². The zero-order valence-corrected chi connectivity index (χ0v) is 22.9. The van der Waals surface area contributed by atoms with Crippen LogP contribution in [0.15, 0.2) is 48.5 Å². The first-order chi connectivity index (χ1) is 16.7. The molecule has 0 aromatic heterocycles. The Bertz CT molecular complexity index is 992. The van der Waals surface area contributed by atoms with E-state index in [2.05, 4.69) is 67.3 Å². The van der Waals surface area contributed by atoms with Crippen LogP contribution in [0.2, 0.25) is 0 Å². The molecule has 0 amide bonds. The second-order valence-corrected chi connectivity index (χ2v) is 9.68. The van der Waals surface area contributed by atoms with Gasteiger partial charge in [-0.3, -0.25) is 0 Å². The third kappa shape index (κ3) is 8.10. The third-order valence-electron chi connectivity index (χ3n) is 7.05. The van der Waals surface area contributed by atoms with Crippen LogP contribution in [0.3, 0.4) is 0 Å². The normalized spacial score (nSPS) is 12.3. The SMILES string of the molecule is CCCCCCCN(CCCCCCC)CC(O)c1c(OC)c2ccccc2c2ccccc12.Cl. The van der Waals surface area contributed by atoms with Gasteiger partial charge in [0.15, 0.2) is 0 Å². The summed E-state index contributed by atoms with van der Waals surface area (Å²) in [6.07, 6.45) is 12.2. The highest BCUT2D eigenvalue weighted by molar-refractivity contribution is 6.12. The van der Waals surface area contributed by atoms with E-state index in [0.717, 1.165) is 35.2 Å². The molecule has 0 saturated carbocycles. The molecule has 35 heavy (non-hydrogen) atoms. The zero-order valence-electron chi connectivity index (χ0n) is 22.1. The topological polar surface area (TPSA) is 32.7 Å². The number of methoxy groups -OCH3 is 1. The van der Waals surface area contributed by atoms with E-state index in [4.69, 9.17) is 4.74 Å². The van der Waals surface area contributed by atoms with Crippen molar-refractivity contribution < 1.29 is 9.84 Å². The maximum Gasteiger partial charge on any atom is 0.133 e. The van der Waals surface area contributed by atoms with Gasteiger partial charge in [-0.25, -0.2) is 0 Å². The van der Waals surface area contributed by atoms with Crippen molar-refractivity contribution in [2.75, 3.05) is 26.7 Å². The number of fused-ring (bicyclic) bond motifs is 3. The number of aliphatic hydroxyl groups is 1. The van der Waals surface area contributed by atoms with Gasteiger partial charge < -0.3 is 14.7 Å². The standard InChI is InChI=1S/C31H45NO2.ClH/c1-4-6-8-10-16-22-32(23-17-11-9-7-5-2)24-29(33)30-27-20-14-12-18-25(27)26-19-13-15-21-28(26)31(30)34-3;/h12-15,18-21,29,33H,4-11,16-17,22-24H2,1-3H3;1H. The largest absolute Gasteiger partial charge is 0.496 e. The van der Waals surface area contributed by atoms with Gasteiger partial charge in [-0.05, 0) is 42.1 Å². The summed E-state index contributed by atoms with van der Waals surface area (Å²) in [6, 6.07) is 16.8. The Morgan fingerprint density at radius 3 is 1.66 bits per heavy atom. The van der Waals surface area contributed by atoms with Gasteiger partial charge in [-0.15, -0.1) is 12.4 Å². The molecule has 0 aliphatic heterocycles. The highest BCUT2D eigenvalue weighted by Crippen LogP contribution is 2.41. The van der Waals surface area contributed by atoms with Crippen LogP contribution in [0.1, 0.15) is 89.7 Å². The van der Waals surface area contributed by atoms with Crippen molar-refractivity contribution in [3.8, 4) is 5.75 Å². The van der Waals surface area contributed by atoms with E-state index < -0.39 is 6.10 Å². The van der Waals surface area contributed by atoms with Gasteiger partial charge in [-0.1, -0.05) is 114 Å². The minimum absolute atomic E-state index is 0. The summed E-state index contributed by atoms with van der Waals surface area (Å²) in [5.41, 5.74) is 0.929. The van der Waals surface area contributed by atoms with E-state index in [1.54, 1.807) is 7.11 Å². The van der Waals surface area contributed by atoms with Gasteiger partial charge >= 0.3 is 0 Å². The molecule has 0 heterocycles. The predicted octanol–water partition coefficient (Wildman–Crippen LogP) is 8.70. The molecule has 1 atom stereocenters. The average molecular weight is 500 g/mol. The molecule has 0 aliphatic carbocycles. The summed E-state index contributed by atoms with van der Waals surface area (Å²) >= 11 is 0. The molecule has 0 aliphatic rings. The van der Waals surface area contributed by atoms with Crippen molar-refractivity contribution in [1.29, 1.82) is 0 Å². The van der Waals surface area contributed by atoms with Gasteiger partial charge in [0.1, 0.15) is 5.75 Å². The Morgan fingerprint density at radius 2 is 1.14 bits per heavy atom. The fourth-order valence-electron chi connectivity index (χ4n) is 5.20. The van der Waals surface area contributed by atoms with Crippen molar-refractivity contribution in [1.82, 2.24) is 4.90 Å². The Kier molecular flexibility index (Phi) is 13.5. The van der Waals surface area contributed by atoms with Crippen LogP contribution in [0.4, 0.5) is 0 Å². The first-order valence-corrected chi connectivity index (χ1v) is 13.6. The molecular formula is C31H46ClNO2. The first kappa shape index (κ1) is 29.4. The second-order valence-electron chi connectivity index (χ2n) is 9.68. The maximum atomic E-state index is 11.6. The minimum atomic E-state index is -0.587. The Balaban J connectivity index is 0.00000432. The molecule has 0 saturated heterocycles. The molecule has 3 aromatic rings. The van der Waals surface area contributed by atoms with Crippen molar-refractivity contribution in [3.05, 3.63) is 54.1 Å². The van der Waals surface area contributed by atoms with Crippen LogP contribution in [-0.4, -0.2) is 36.8 Å². The Labute approximate surface area is 219 Å². The van der Waals surface area contributed by atoms with E-state index in [0.29, 0.717) is 6.54 Å². The van der Waals surface area contributed by atoms with E-state index in [-0.39, 0.29) is 12.4 Å². The van der Waals surface area contributed by atoms with Gasteiger partial charge in [0.2, 0.25) is 0 Å². The molecule has 3 rings (SSSR count). The van der Waals surface area contributed by atoms with Crippen molar-refractivity contribution in [3.63, 3.8) is 0 Å². The molecule has 3 aromatic carbocycles. The number of ether oxygens (including phenoxy) is 1. The zero-order chi connectivity index (χ0) is 24.2. The average Bonchev–Trinajstić information content (AvgIpc) is 2.87. The lowest BCUT2D eigenvalue weighted by Gasteiger charge is -2.27. The molecule has 0 fully saturated rings. The number of nitrogens with zero attached hydrogens (tertiary/aromatic N) is 1. The van der Waals surface area contributed by atoms with E-state index in [1.165, 1.54) is 75.0 Å². The summed E-state index contributed by atoms with van der Waals surface area (Å²) in [5, 5.41) is 16.1. The summed E-state index contributed by atoms with van der Waals surface area (Å²) in [7, 11) is 1.73. The molecule has 1 N–H and O–H groups in total. The van der Waals surface area contributed by atoms with Crippen molar-refractivity contribution in [2.24, 2.45) is 0 Å². The Hall–Kier alpha value is -1.81. The van der Waals surface area contributed by atoms with Gasteiger partial charge in [0.05, 0.1) is 13.2 Å². The van der Waals surface area contributed by atoms with Crippen LogP contribution in [0.5, 0.6) is 5.75 Å². The summed E-state index contributed by atoms with van der Waals surface area (Å²) in [6.45, 7) is 7.30. The quantitative estimate of drug-likeness (QED) is 0.158. The number of halogens is 1. The van der Waals surface area contributed by atoms with Gasteiger partial charge in [-0.2, -0.15) is 0 Å². The fourth-order valence-corrected chi connectivity index (χ4v) is 5.20. The maximum absolute atomic E-state index is 11.6. The smallest absolute Gasteiger partial charge is 0.133 e. The third-order valence-corrected chi connectivity index (χ3v) is 7.05. The predicted molar refractivity (Wildman–Crippen MR) is 154 cm³/mol. The second kappa shape index (κ2) is 16.0. The van der Waals surface area contributed by atoms with Crippen LogP contribution in [-0.2, 0) is 0 Å². The highest BCUT2D eigenvalue weighted by atomic mass is 35.5. The first-order valence-electron chi connectivity index (χ1n) is 13.6. The van der Waals surface area contributed by atoms with Crippen LogP contribution < -0.4 is 4.74 Å². The molecule has 4 heteroatoms.